The fourth-order valence-electron chi connectivity index (χ4n) is 3.86. The van der Waals surface area contributed by atoms with Crippen molar-refractivity contribution in [3.05, 3.63) is 84.9 Å². The zero-order valence-corrected chi connectivity index (χ0v) is 21.5. The first-order valence-electron chi connectivity index (χ1n) is 12.0. The van der Waals surface area contributed by atoms with E-state index < -0.39 is 35.6 Å². The molecule has 3 amide bonds. The van der Waals surface area contributed by atoms with Gasteiger partial charge in [0, 0.05) is 12.2 Å². The number of benzene rings is 3. The summed E-state index contributed by atoms with van der Waals surface area (Å²) in [6.45, 7) is 10.5. The van der Waals surface area contributed by atoms with Gasteiger partial charge in [-0.05, 0) is 68.3 Å². The molecule has 0 aliphatic carbocycles. The molecule has 2 atom stereocenters. The van der Waals surface area contributed by atoms with Crippen LogP contribution in [-0.2, 0) is 14.3 Å². The summed E-state index contributed by atoms with van der Waals surface area (Å²) >= 11 is 0. The highest BCUT2D eigenvalue weighted by molar-refractivity contribution is 6.00. The molecule has 37 heavy (non-hydrogen) atoms. The molecular weight excluding hydrogens is 470 g/mol. The highest BCUT2D eigenvalue weighted by Crippen LogP contribution is 2.27. The summed E-state index contributed by atoms with van der Waals surface area (Å²) in [5.41, 5.74) is 0.316. The first-order valence-corrected chi connectivity index (χ1v) is 12.0. The molecule has 0 saturated carbocycles. The summed E-state index contributed by atoms with van der Waals surface area (Å²) in [6, 6.07) is 17.3. The quantitative estimate of drug-likeness (QED) is 0.368. The maximum atomic E-state index is 13.7. The third-order valence-corrected chi connectivity index (χ3v) is 5.50. The number of hydrogen-bond donors (Lipinski definition) is 3. The Labute approximate surface area is 216 Å². The molecule has 0 fully saturated rings. The summed E-state index contributed by atoms with van der Waals surface area (Å²) in [4.78, 5) is 40.8. The Morgan fingerprint density at radius 1 is 1.03 bits per heavy atom. The number of carbonyl (C=O) groups excluding carboxylic acids is 3. The van der Waals surface area contributed by atoms with E-state index in [1.165, 1.54) is 30.0 Å². The molecule has 3 aromatic rings. The van der Waals surface area contributed by atoms with E-state index in [1.54, 1.807) is 39.0 Å². The predicted molar refractivity (Wildman–Crippen MR) is 144 cm³/mol. The molecule has 8 nitrogen and oxygen atoms in total. The molecule has 0 heterocycles. The molecule has 0 bridgehead atoms. The number of nitrogens with zero attached hydrogens (tertiary/aromatic N) is 1. The van der Waals surface area contributed by atoms with Gasteiger partial charge in [0.25, 0.3) is 5.91 Å². The molecule has 2 unspecified atom stereocenters. The van der Waals surface area contributed by atoms with Crippen molar-refractivity contribution < 1.29 is 24.2 Å². The Morgan fingerprint density at radius 3 is 2.30 bits per heavy atom. The third-order valence-electron chi connectivity index (χ3n) is 5.50. The maximum absolute atomic E-state index is 13.7. The van der Waals surface area contributed by atoms with Crippen LogP contribution >= 0.6 is 0 Å². The molecule has 3 rings (SSSR count). The van der Waals surface area contributed by atoms with Crippen molar-refractivity contribution in [2.45, 2.75) is 45.4 Å². The number of fused-ring (bicyclic) bond motifs is 1. The molecule has 0 spiro atoms. The van der Waals surface area contributed by atoms with Crippen LogP contribution in [0.15, 0.2) is 79.4 Å². The average molecular weight is 504 g/mol. The molecular formula is C29H33N3O5. The second-order valence-electron chi connectivity index (χ2n) is 9.69. The van der Waals surface area contributed by atoms with Gasteiger partial charge in [0.05, 0.1) is 0 Å². The van der Waals surface area contributed by atoms with Gasteiger partial charge in [0.2, 0.25) is 5.91 Å². The lowest BCUT2D eigenvalue weighted by Gasteiger charge is -2.33. The van der Waals surface area contributed by atoms with Crippen molar-refractivity contribution in [3.63, 3.8) is 0 Å². The van der Waals surface area contributed by atoms with Crippen molar-refractivity contribution in [2.75, 3.05) is 11.9 Å². The SMILES string of the molecule is C=CCN(C(=O)C(C)NC(=O)OC(C)(C)C)C(C(=O)Nc1ccc2ccccc2c1)c1ccc(O)cc1. The minimum atomic E-state index is -1.07. The number of aromatic hydroxyl groups is 1. The lowest BCUT2D eigenvalue weighted by Crippen LogP contribution is -2.51. The van der Waals surface area contributed by atoms with E-state index in [-0.39, 0.29) is 12.3 Å². The minimum Gasteiger partial charge on any atom is -0.508 e. The van der Waals surface area contributed by atoms with Crippen molar-refractivity contribution in [1.29, 1.82) is 0 Å². The number of anilines is 1. The molecule has 0 aromatic heterocycles. The number of alkyl carbamates (subject to hydrolysis) is 1. The molecule has 0 radical (unpaired) electrons. The fraction of sp³-hybridized carbons (Fsp3) is 0.276. The number of ether oxygens (including phenoxy) is 1. The van der Waals surface area contributed by atoms with E-state index in [4.69, 9.17) is 4.74 Å². The van der Waals surface area contributed by atoms with Crippen LogP contribution in [0.4, 0.5) is 10.5 Å². The van der Waals surface area contributed by atoms with E-state index in [0.717, 1.165) is 10.8 Å². The fourth-order valence-corrected chi connectivity index (χ4v) is 3.86. The van der Waals surface area contributed by atoms with Crippen LogP contribution in [0.2, 0.25) is 0 Å². The van der Waals surface area contributed by atoms with E-state index >= 15 is 0 Å². The topological polar surface area (TPSA) is 108 Å². The van der Waals surface area contributed by atoms with Crippen molar-refractivity contribution in [3.8, 4) is 5.75 Å². The second-order valence-corrected chi connectivity index (χ2v) is 9.69. The van der Waals surface area contributed by atoms with Gasteiger partial charge in [0.15, 0.2) is 0 Å². The molecule has 0 aliphatic rings. The molecule has 0 saturated heterocycles. The Hall–Kier alpha value is -4.33. The number of amides is 3. The summed E-state index contributed by atoms with van der Waals surface area (Å²) in [6.07, 6.45) is 0.767. The molecule has 194 valence electrons. The van der Waals surface area contributed by atoms with Crippen molar-refractivity contribution in [1.82, 2.24) is 10.2 Å². The monoisotopic (exact) mass is 503 g/mol. The number of carbonyl (C=O) groups is 3. The number of nitrogens with one attached hydrogen (secondary N) is 2. The van der Waals surface area contributed by atoms with Gasteiger partial charge >= 0.3 is 6.09 Å². The summed E-state index contributed by atoms with van der Waals surface area (Å²) < 4.78 is 5.27. The average Bonchev–Trinajstić information content (AvgIpc) is 2.83. The van der Waals surface area contributed by atoms with E-state index in [0.29, 0.717) is 11.3 Å². The lowest BCUT2D eigenvalue weighted by molar-refractivity contribution is -0.139. The van der Waals surface area contributed by atoms with E-state index in [1.807, 2.05) is 36.4 Å². The molecule has 3 N–H and O–H groups in total. The standard InChI is InChI=1S/C29H33N3O5/c1-6-17-32(27(35)19(2)30-28(36)37-29(3,4)5)25(21-12-15-24(33)16-13-21)26(34)31-23-14-11-20-9-7-8-10-22(20)18-23/h6-16,18-19,25,33H,1,17H2,2-5H3,(H,30,36)(H,31,34). The maximum Gasteiger partial charge on any atom is 0.408 e. The zero-order valence-electron chi connectivity index (χ0n) is 21.5. The van der Waals surface area contributed by atoms with Crippen molar-refractivity contribution in [2.24, 2.45) is 0 Å². The van der Waals surface area contributed by atoms with Crippen LogP contribution in [0.5, 0.6) is 5.75 Å². The zero-order chi connectivity index (χ0) is 27.2. The highest BCUT2D eigenvalue weighted by Gasteiger charge is 2.34. The van der Waals surface area contributed by atoms with Crippen molar-refractivity contribution >= 4 is 34.4 Å². The van der Waals surface area contributed by atoms with Crippen LogP contribution in [0.3, 0.4) is 0 Å². The van der Waals surface area contributed by atoms with Gasteiger partial charge in [-0.2, -0.15) is 0 Å². The number of phenolic OH excluding ortho intramolecular Hbond substituents is 1. The summed E-state index contributed by atoms with van der Waals surface area (Å²) in [7, 11) is 0. The van der Waals surface area contributed by atoms with Gasteiger partial charge in [-0.25, -0.2) is 4.79 Å². The first kappa shape index (κ1) is 27.3. The Kier molecular flexibility index (Phi) is 8.55. The second kappa shape index (κ2) is 11.6. The largest absolute Gasteiger partial charge is 0.508 e. The van der Waals surface area contributed by atoms with E-state index in [2.05, 4.69) is 17.2 Å². The number of rotatable bonds is 8. The first-order chi connectivity index (χ1) is 17.5. The number of hydrogen-bond acceptors (Lipinski definition) is 5. The van der Waals surface area contributed by atoms with Gasteiger partial charge in [-0.1, -0.05) is 48.5 Å². The highest BCUT2D eigenvalue weighted by atomic mass is 16.6. The van der Waals surface area contributed by atoms with Gasteiger partial charge in [-0.3, -0.25) is 9.59 Å². The summed E-state index contributed by atoms with van der Waals surface area (Å²) in [5.74, 6) is -0.933. The van der Waals surface area contributed by atoms with Crippen LogP contribution in [0.25, 0.3) is 10.8 Å². The van der Waals surface area contributed by atoms with Crippen LogP contribution in [0.1, 0.15) is 39.3 Å². The molecule has 3 aromatic carbocycles. The summed E-state index contributed by atoms with van der Waals surface area (Å²) in [5, 5.41) is 17.2. The van der Waals surface area contributed by atoms with Gasteiger partial charge < -0.3 is 25.4 Å². The van der Waals surface area contributed by atoms with Gasteiger partial charge in [0.1, 0.15) is 23.4 Å². The number of phenols is 1. The molecule has 0 aliphatic heterocycles. The predicted octanol–water partition coefficient (Wildman–Crippen LogP) is 5.15. The Balaban J connectivity index is 1.92. The lowest BCUT2D eigenvalue weighted by atomic mass is 10.0. The van der Waals surface area contributed by atoms with E-state index in [9.17, 15) is 19.5 Å². The van der Waals surface area contributed by atoms with Gasteiger partial charge in [-0.15, -0.1) is 6.58 Å². The Bertz CT molecular complexity index is 1280. The van der Waals surface area contributed by atoms with Crippen LogP contribution < -0.4 is 10.6 Å². The normalized spacial score (nSPS) is 12.8. The van der Waals surface area contributed by atoms with Crippen LogP contribution in [-0.4, -0.2) is 46.1 Å². The molecule has 8 heteroatoms. The Morgan fingerprint density at radius 2 is 1.68 bits per heavy atom. The minimum absolute atomic E-state index is 0.0268. The third kappa shape index (κ3) is 7.33. The smallest absolute Gasteiger partial charge is 0.408 e. The van der Waals surface area contributed by atoms with Crippen LogP contribution in [0, 0.1) is 0 Å².